The molecule has 140 valence electrons. The highest BCUT2D eigenvalue weighted by atomic mass is 16.5. The SMILES string of the molecule is CNc1cc2nc3c(cnn13)C(=O)CCCCOc1ccc(OC)c(c1)N2. The summed E-state index contributed by atoms with van der Waals surface area (Å²) in [5.41, 5.74) is 1.78. The number of nitrogens with zero attached hydrogens (tertiary/aromatic N) is 3. The molecule has 4 rings (SSSR count). The van der Waals surface area contributed by atoms with Gasteiger partial charge in [0.25, 0.3) is 0 Å². The van der Waals surface area contributed by atoms with Gasteiger partial charge < -0.3 is 20.1 Å². The van der Waals surface area contributed by atoms with E-state index in [1.807, 2.05) is 24.3 Å². The molecule has 0 aliphatic carbocycles. The van der Waals surface area contributed by atoms with Gasteiger partial charge in [-0.2, -0.15) is 9.61 Å². The molecule has 0 radical (unpaired) electrons. The highest BCUT2D eigenvalue weighted by Crippen LogP contribution is 2.32. The van der Waals surface area contributed by atoms with Gasteiger partial charge in [0, 0.05) is 25.6 Å². The average molecular weight is 367 g/mol. The molecule has 4 bridgehead atoms. The van der Waals surface area contributed by atoms with Crippen LogP contribution in [0, 0.1) is 0 Å². The number of ether oxygens (including phenoxy) is 2. The number of carbonyl (C=O) groups excluding carboxylic acids is 1. The zero-order chi connectivity index (χ0) is 18.8. The molecule has 0 atom stereocenters. The minimum Gasteiger partial charge on any atom is -0.495 e. The summed E-state index contributed by atoms with van der Waals surface area (Å²) in [6, 6.07) is 7.44. The van der Waals surface area contributed by atoms with Crippen LogP contribution in [0.2, 0.25) is 0 Å². The van der Waals surface area contributed by atoms with Gasteiger partial charge in [-0.15, -0.1) is 0 Å². The molecular weight excluding hydrogens is 346 g/mol. The van der Waals surface area contributed by atoms with Gasteiger partial charge in [-0.05, 0) is 25.0 Å². The molecule has 2 aromatic heterocycles. The van der Waals surface area contributed by atoms with Gasteiger partial charge in [-0.1, -0.05) is 0 Å². The number of benzene rings is 1. The molecule has 0 saturated heterocycles. The zero-order valence-electron chi connectivity index (χ0n) is 15.3. The number of ketones is 1. The van der Waals surface area contributed by atoms with Gasteiger partial charge in [0.1, 0.15) is 23.1 Å². The van der Waals surface area contributed by atoms with Crippen LogP contribution < -0.4 is 20.1 Å². The summed E-state index contributed by atoms with van der Waals surface area (Å²) in [4.78, 5) is 17.3. The monoisotopic (exact) mass is 367 g/mol. The molecule has 3 aromatic rings. The number of nitrogens with one attached hydrogen (secondary N) is 2. The molecule has 8 heteroatoms. The van der Waals surface area contributed by atoms with E-state index in [9.17, 15) is 4.79 Å². The molecule has 0 saturated carbocycles. The van der Waals surface area contributed by atoms with Crippen LogP contribution in [0.15, 0.2) is 30.5 Å². The summed E-state index contributed by atoms with van der Waals surface area (Å²) in [5, 5.41) is 10.7. The Bertz CT molecular complexity index is 998. The van der Waals surface area contributed by atoms with Crippen LogP contribution in [-0.2, 0) is 0 Å². The maximum atomic E-state index is 12.6. The van der Waals surface area contributed by atoms with Crippen molar-refractivity contribution in [3.05, 3.63) is 36.0 Å². The van der Waals surface area contributed by atoms with E-state index in [4.69, 9.17) is 9.47 Å². The lowest BCUT2D eigenvalue weighted by atomic mass is 10.1. The first-order chi connectivity index (χ1) is 13.2. The maximum Gasteiger partial charge on any atom is 0.170 e. The lowest BCUT2D eigenvalue weighted by molar-refractivity contribution is 0.0979. The van der Waals surface area contributed by atoms with Gasteiger partial charge in [0.15, 0.2) is 11.4 Å². The van der Waals surface area contributed by atoms with Crippen LogP contribution in [0.4, 0.5) is 17.3 Å². The highest BCUT2D eigenvalue weighted by molar-refractivity contribution is 6.01. The molecule has 0 unspecified atom stereocenters. The second-order valence-corrected chi connectivity index (χ2v) is 6.29. The third-order valence-electron chi connectivity index (χ3n) is 4.53. The Morgan fingerprint density at radius 2 is 2.19 bits per heavy atom. The third-order valence-corrected chi connectivity index (χ3v) is 4.53. The van der Waals surface area contributed by atoms with E-state index in [2.05, 4.69) is 20.7 Å². The first kappa shape index (κ1) is 17.1. The summed E-state index contributed by atoms with van der Waals surface area (Å²) in [5.74, 6) is 2.74. The Morgan fingerprint density at radius 3 is 3.00 bits per heavy atom. The summed E-state index contributed by atoms with van der Waals surface area (Å²) >= 11 is 0. The third kappa shape index (κ3) is 3.25. The smallest absolute Gasteiger partial charge is 0.170 e. The van der Waals surface area contributed by atoms with Crippen molar-refractivity contribution in [2.45, 2.75) is 19.3 Å². The number of Topliss-reactive ketones (excluding diaryl/α,β-unsaturated/α-hetero) is 1. The minimum absolute atomic E-state index is 0.0323. The molecule has 3 heterocycles. The van der Waals surface area contributed by atoms with Crippen LogP contribution >= 0.6 is 0 Å². The van der Waals surface area contributed by atoms with Crippen LogP contribution in [0.5, 0.6) is 11.5 Å². The van der Waals surface area contributed by atoms with Gasteiger partial charge in [-0.3, -0.25) is 4.79 Å². The van der Waals surface area contributed by atoms with E-state index < -0.39 is 0 Å². The first-order valence-electron chi connectivity index (χ1n) is 8.87. The molecule has 27 heavy (non-hydrogen) atoms. The highest BCUT2D eigenvalue weighted by Gasteiger charge is 2.18. The summed E-state index contributed by atoms with van der Waals surface area (Å²) < 4.78 is 12.9. The Kier molecular flexibility index (Phi) is 4.53. The van der Waals surface area contributed by atoms with Crippen molar-refractivity contribution >= 4 is 28.8 Å². The lowest BCUT2D eigenvalue weighted by Crippen LogP contribution is -2.07. The van der Waals surface area contributed by atoms with Gasteiger partial charge in [0.2, 0.25) is 0 Å². The average Bonchev–Trinajstić information content (AvgIpc) is 3.10. The minimum atomic E-state index is 0.0323. The number of hydrogen-bond acceptors (Lipinski definition) is 7. The first-order valence-corrected chi connectivity index (χ1v) is 8.87. The van der Waals surface area contributed by atoms with E-state index in [0.29, 0.717) is 35.8 Å². The maximum absolute atomic E-state index is 12.6. The van der Waals surface area contributed by atoms with Crippen molar-refractivity contribution in [1.29, 1.82) is 0 Å². The molecule has 1 aromatic carbocycles. The van der Waals surface area contributed by atoms with E-state index in [0.717, 1.165) is 30.1 Å². The molecule has 1 aliphatic heterocycles. The quantitative estimate of drug-likeness (QED) is 0.718. The summed E-state index contributed by atoms with van der Waals surface area (Å²) in [6.45, 7) is 0.552. The predicted molar refractivity (Wildman–Crippen MR) is 102 cm³/mol. The van der Waals surface area contributed by atoms with Gasteiger partial charge in [0.05, 0.1) is 31.2 Å². The normalized spacial score (nSPS) is 14.4. The van der Waals surface area contributed by atoms with Crippen molar-refractivity contribution in [3.8, 4) is 11.5 Å². The number of aromatic nitrogens is 3. The standard InChI is InChI=1S/C19H21N5O3/c1-20-18-10-17-22-14-9-12(6-7-16(14)26-2)27-8-4-3-5-15(25)13-11-21-24(18)19(13)23-17/h6-7,9-11,20H,3-5,8H2,1-2H3,(H,22,23). The largest absolute Gasteiger partial charge is 0.495 e. The van der Waals surface area contributed by atoms with Crippen molar-refractivity contribution in [2.24, 2.45) is 0 Å². The van der Waals surface area contributed by atoms with Crippen LogP contribution in [0.25, 0.3) is 5.65 Å². The Morgan fingerprint density at radius 1 is 1.30 bits per heavy atom. The molecule has 1 aliphatic rings. The Labute approximate surface area is 156 Å². The number of fused-ring (bicyclic) bond motifs is 3. The van der Waals surface area contributed by atoms with Gasteiger partial charge in [-0.25, -0.2) is 4.98 Å². The van der Waals surface area contributed by atoms with E-state index >= 15 is 0 Å². The number of methoxy groups -OCH3 is 1. The molecular formula is C19H21N5O3. The topological polar surface area (TPSA) is 89.8 Å². The number of hydrogen-bond donors (Lipinski definition) is 2. The number of rotatable bonds is 2. The van der Waals surface area contributed by atoms with E-state index in [1.54, 1.807) is 24.9 Å². The van der Waals surface area contributed by atoms with Crippen molar-refractivity contribution in [3.63, 3.8) is 0 Å². The molecule has 0 spiro atoms. The van der Waals surface area contributed by atoms with Crippen LogP contribution in [0.1, 0.15) is 29.6 Å². The number of carbonyl (C=O) groups is 1. The zero-order valence-corrected chi connectivity index (χ0v) is 15.3. The fraction of sp³-hybridized carbons (Fsp3) is 0.316. The van der Waals surface area contributed by atoms with E-state index in [-0.39, 0.29) is 5.78 Å². The van der Waals surface area contributed by atoms with Crippen molar-refractivity contribution < 1.29 is 14.3 Å². The molecule has 8 nitrogen and oxygen atoms in total. The lowest BCUT2D eigenvalue weighted by Gasteiger charge is -2.15. The Balaban J connectivity index is 1.87. The van der Waals surface area contributed by atoms with Crippen molar-refractivity contribution in [2.75, 3.05) is 31.4 Å². The summed E-state index contributed by atoms with van der Waals surface area (Å²) in [6.07, 6.45) is 3.56. The fourth-order valence-corrected chi connectivity index (χ4v) is 3.13. The van der Waals surface area contributed by atoms with E-state index in [1.165, 1.54) is 0 Å². The number of anilines is 3. The second kappa shape index (κ2) is 7.14. The fourth-order valence-electron chi connectivity index (χ4n) is 3.13. The van der Waals surface area contributed by atoms with Crippen LogP contribution in [-0.4, -0.2) is 41.1 Å². The van der Waals surface area contributed by atoms with Crippen molar-refractivity contribution in [1.82, 2.24) is 14.6 Å². The molecule has 0 amide bonds. The van der Waals surface area contributed by atoms with Crippen LogP contribution in [0.3, 0.4) is 0 Å². The summed E-state index contributed by atoms with van der Waals surface area (Å²) in [7, 11) is 3.41. The predicted octanol–water partition coefficient (Wildman–Crippen LogP) is 3.27. The van der Waals surface area contributed by atoms with Gasteiger partial charge >= 0.3 is 0 Å². The second-order valence-electron chi connectivity index (χ2n) is 6.29. The molecule has 2 N–H and O–H groups in total. The Hall–Kier alpha value is -3.29. The molecule has 0 fully saturated rings.